The van der Waals surface area contributed by atoms with E-state index in [1.807, 2.05) is 41.9 Å². The third kappa shape index (κ3) is 3.69. The summed E-state index contributed by atoms with van der Waals surface area (Å²) in [5, 5.41) is 7.33. The second-order valence-electron chi connectivity index (χ2n) is 6.93. The van der Waals surface area contributed by atoms with Crippen molar-refractivity contribution in [1.82, 2.24) is 20.0 Å². The largest absolute Gasteiger partial charge is 0.459 e. The number of aryl methyl sites for hydroxylation is 2. The van der Waals surface area contributed by atoms with E-state index in [1.54, 1.807) is 17.0 Å². The lowest BCUT2D eigenvalue weighted by atomic mass is 10.2. The van der Waals surface area contributed by atoms with Crippen LogP contribution in [-0.4, -0.2) is 33.0 Å². The number of aromatic nitrogens is 2. The summed E-state index contributed by atoms with van der Waals surface area (Å²) in [6.07, 6.45) is 2.30. The molecule has 7 nitrogen and oxygen atoms in total. The predicted molar refractivity (Wildman–Crippen MR) is 103 cm³/mol. The molecular weight excluding hydrogens is 356 g/mol. The highest BCUT2D eigenvalue weighted by Gasteiger charge is 2.25. The van der Waals surface area contributed by atoms with Gasteiger partial charge in [-0.1, -0.05) is 30.3 Å². The smallest absolute Gasteiger partial charge is 0.290 e. The molecule has 0 bridgehead atoms. The van der Waals surface area contributed by atoms with E-state index in [1.165, 1.54) is 6.26 Å². The van der Waals surface area contributed by atoms with Gasteiger partial charge in [0.25, 0.3) is 11.8 Å². The Bertz CT molecular complexity index is 990. The average Bonchev–Trinajstić information content (AvgIpc) is 3.27. The third-order valence-corrected chi connectivity index (χ3v) is 4.89. The molecule has 0 saturated heterocycles. The number of carbonyl (C=O) groups is 2. The number of hydrogen-bond donors (Lipinski definition) is 1. The summed E-state index contributed by atoms with van der Waals surface area (Å²) in [6.45, 7) is 4.00. The molecule has 7 heteroatoms. The minimum absolute atomic E-state index is 0.132. The average molecular weight is 378 g/mol. The fourth-order valence-corrected chi connectivity index (χ4v) is 3.35. The first kappa shape index (κ1) is 18.0. The summed E-state index contributed by atoms with van der Waals surface area (Å²) in [7, 11) is 0. The number of benzene rings is 1. The summed E-state index contributed by atoms with van der Waals surface area (Å²) in [6, 6.07) is 13.3. The van der Waals surface area contributed by atoms with Gasteiger partial charge < -0.3 is 14.6 Å². The first-order valence-corrected chi connectivity index (χ1v) is 9.34. The van der Waals surface area contributed by atoms with Gasteiger partial charge in [0.05, 0.1) is 18.5 Å². The number of hydrogen-bond acceptors (Lipinski definition) is 4. The molecule has 28 heavy (non-hydrogen) atoms. The maximum atomic E-state index is 12.8. The van der Waals surface area contributed by atoms with Crippen molar-refractivity contribution in [1.29, 1.82) is 0 Å². The molecule has 144 valence electrons. The number of carbonyl (C=O) groups excluding carboxylic acids is 2. The highest BCUT2D eigenvalue weighted by Crippen LogP contribution is 2.18. The maximum absolute atomic E-state index is 12.8. The van der Waals surface area contributed by atoms with E-state index in [0.29, 0.717) is 37.6 Å². The molecule has 4 rings (SSSR count). The Morgan fingerprint density at radius 2 is 2.00 bits per heavy atom. The Labute approximate surface area is 162 Å². The van der Waals surface area contributed by atoms with E-state index in [9.17, 15) is 9.59 Å². The van der Waals surface area contributed by atoms with Crippen LogP contribution in [0.4, 0.5) is 0 Å². The topological polar surface area (TPSA) is 80.4 Å². The zero-order chi connectivity index (χ0) is 19.5. The number of nitrogens with zero attached hydrogens (tertiary/aromatic N) is 3. The van der Waals surface area contributed by atoms with Gasteiger partial charge in [0.15, 0.2) is 11.5 Å². The lowest BCUT2D eigenvalue weighted by molar-refractivity contribution is 0.0712. The second-order valence-corrected chi connectivity index (χ2v) is 6.93. The molecule has 1 aromatic carbocycles. The summed E-state index contributed by atoms with van der Waals surface area (Å²) in [4.78, 5) is 27.0. The van der Waals surface area contributed by atoms with Gasteiger partial charge >= 0.3 is 0 Å². The molecular formula is C21H22N4O3. The maximum Gasteiger partial charge on any atom is 0.290 e. The van der Waals surface area contributed by atoms with E-state index < -0.39 is 0 Å². The first-order chi connectivity index (χ1) is 13.6. The zero-order valence-electron chi connectivity index (χ0n) is 15.7. The second kappa shape index (κ2) is 7.72. The molecule has 0 fully saturated rings. The van der Waals surface area contributed by atoms with Crippen LogP contribution in [0.3, 0.4) is 0 Å². The Hall–Kier alpha value is -3.35. The Morgan fingerprint density at radius 3 is 2.75 bits per heavy atom. The summed E-state index contributed by atoms with van der Waals surface area (Å²) >= 11 is 0. The third-order valence-electron chi connectivity index (χ3n) is 4.89. The van der Waals surface area contributed by atoms with E-state index in [4.69, 9.17) is 4.42 Å². The normalized spacial score (nSPS) is 13.7. The lowest BCUT2D eigenvalue weighted by Crippen LogP contribution is -2.30. The number of amides is 2. The van der Waals surface area contributed by atoms with Gasteiger partial charge in [-0.3, -0.25) is 14.3 Å². The highest BCUT2D eigenvalue weighted by atomic mass is 16.3. The fraction of sp³-hybridized carbons (Fsp3) is 0.286. The van der Waals surface area contributed by atoms with Crippen molar-refractivity contribution in [3.05, 3.63) is 77.0 Å². The summed E-state index contributed by atoms with van der Waals surface area (Å²) in [5.74, 6) is 0.0187. The quantitative estimate of drug-likeness (QED) is 0.757. The van der Waals surface area contributed by atoms with Crippen LogP contribution in [0.5, 0.6) is 0 Å². The molecule has 3 aromatic rings. The summed E-state index contributed by atoms with van der Waals surface area (Å²) in [5.41, 5.74) is 3.07. The molecule has 3 heterocycles. The van der Waals surface area contributed by atoms with Crippen LogP contribution >= 0.6 is 0 Å². The molecule has 0 unspecified atom stereocenters. The Morgan fingerprint density at radius 1 is 1.18 bits per heavy atom. The number of rotatable bonds is 4. The summed E-state index contributed by atoms with van der Waals surface area (Å²) < 4.78 is 7.17. The van der Waals surface area contributed by atoms with E-state index >= 15 is 0 Å². The number of fused-ring (bicyclic) bond motifs is 1. The Balaban J connectivity index is 1.46. The molecule has 0 spiro atoms. The van der Waals surface area contributed by atoms with Crippen LogP contribution in [-0.2, 0) is 19.6 Å². The van der Waals surface area contributed by atoms with Crippen LogP contribution in [0.1, 0.15) is 44.3 Å². The van der Waals surface area contributed by atoms with Crippen LogP contribution in [0.2, 0.25) is 0 Å². The molecule has 0 radical (unpaired) electrons. The van der Waals surface area contributed by atoms with Gasteiger partial charge in [-0.05, 0) is 31.0 Å². The monoisotopic (exact) mass is 378 g/mol. The minimum Gasteiger partial charge on any atom is -0.459 e. The zero-order valence-corrected chi connectivity index (χ0v) is 15.7. The van der Waals surface area contributed by atoms with E-state index in [-0.39, 0.29) is 11.8 Å². The molecule has 0 saturated carbocycles. The standard InChI is InChI=1S/C21H22N4O3/c1-15-8-11-28-19(15)21(27)24-9-5-10-25-17(14-24)12-18(23-25)20(26)22-13-16-6-3-2-4-7-16/h2-4,6-8,11-12H,5,9-10,13-14H2,1H3,(H,22,26). The van der Waals surface area contributed by atoms with Crippen molar-refractivity contribution in [3.63, 3.8) is 0 Å². The van der Waals surface area contributed by atoms with Crippen LogP contribution in [0, 0.1) is 6.92 Å². The number of nitrogens with one attached hydrogen (secondary N) is 1. The molecule has 1 aliphatic heterocycles. The molecule has 2 aromatic heterocycles. The van der Waals surface area contributed by atoms with Gasteiger partial charge in [0.2, 0.25) is 0 Å². The van der Waals surface area contributed by atoms with Gasteiger partial charge in [-0.2, -0.15) is 5.10 Å². The van der Waals surface area contributed by atoms with Crippen molar-refractivity contribution in [3.8, 4) is 0 Å². The van der Waals surface area contributed by atoms with Crippen LogP contribution in [0.15, 0.2) is 53.1 Å². The van der Waals surface area contributed by atoms with Crippen molar-refractivity contribution in [2.24, 2.45) is 0 Å². The van der Waals surface area contributed by atoms with Gasteiger partial charge in [0, 0.05) is 25.2 Å². The number of furan rings is 1. The van der Waals surface area contributed by atoms with E-state index in [0.717, 1.165) is 23.2 Å². The van der Waals surface area contributed by atoms with Gasteiger partial charge in [-0.25, -0.2) is 0 Å². The van der Waals surface area contributed by atoms with Crippen LogP contribution < -0.4 is 5.32 Å². The SMILES string of the molecule is Cc1ccoc1C(=O)N1CCCn2nc(C(=O)NCc3ccccc3)cc2C1. The lowest BCUT2D eigenvalue weighted by Gasteiger charge is -2.18. The first-order valence-electron chi connectivity index (χ1n) is 9.34. The molecule has 1 aliphatic rings. The minimum atomic E-state index is -0.218. The molecule has 1 N–H and O–H groups in total. The molecule has 0 aliphatic carbocycles. The van der Waals surface area contributed by atoms with E-state index in [2.05, 4.69) is 10.4 Å². The highest BCUT2D eigenvalue weighted by molar-refractivity contribution is 5.93. The Kier molecular flexibility index (Phi) is 4.97. The fourth-order valence-electron chi connectivity index (χ4n) is 3.35. The van der Waals surface area contributed by atoms with Gasteiger partial charge in [-0.15, -0.1) is 0 Å². The molecule has 0 atom stereocenters. The van der Waals surface area contributed by atoms with Crippen molar-refractivity contribution in [2.45, 2.75) is 33.0 Å². The van der Waals surface area contributed by atoms with Crippen LogP contribution in [0.25, 0.3) is 0 Å². The predicted octanol–water partition coefficient (Wildman–Crippen LogP) is 2.76. The van der Waals surface area contributed by atoms with Crippen molar-refractivity contribution in [2.75, 3.05) is 6.54 Å². The van der Waals surface area contributed by atoms with Gasteiger partial charge in [0.1, 0.15) is 0 Å². The molecule has 2 amide bonds. The van der Waals surface area contributed by atoms with Crippen molar-refractivity contribution >= 4 is 11.8 Å². The van der Waals surface area contributed by atoms with Crippen molar-refractivity contribution < 1.29 is 14.0 Å².